The van der Waals surface area contributed by atoms with Crippen molar-refractivity contribution in [3.63, 3.8) is 0 Å². The minimum atomic E-state index is 0. The van der Waals surface area contributed by atoms with E-state index in [1.54, 1.807) is 0 Å². The molecular weight excluding hydrogens is 499 g/mol. The van der Waals surface area contributed by atoms with E-state index in [0.29, 0.717) is 0 Å². The molecule has 192 valence electrons. The van der Waals surface area contributed by atoms with E-state index in [1.165, 1.54) is 50.1 Å². The number of hydrogen-bond donors (Lipinski definition) is 0. The molecule has 3 aliphatic rings. The van der Waals surface area contributed by atoms with Crippen LogP contribution in [0.15, 0.2) is 18.2 Å². The number of nitrogens with zero attached hydrogens (tertiary/aromatic N) is 4. The van der Waals surface area contributed by atoms with Crippen LogP contribution in [0.25, 0.3) is 44.4 Å². The first-order chi connectivity index (χ1) is 17.4. The van der Waals surface area contributed by atoms with E-state index in [9.17, 15) is 0 Å². The van der Waals surface area contributed by atoms with Crippen LogP contribution >= 0.6 is 0 Å². The molecule has 0 radical (unpaired) electrons. The van der Waals surface area contributed by atoms with Crippen LogP contribution in [0.5, 0.6) is 0 Å². The first-order valence-corrected chi connectivity index (χ1v) is 13.4. The second-order valence-corrected chi connectivity index (χ2v) is 10.3. The molecule has 0 amide bonds. The molecule has 5 heteroatoms. The predicted octanol–water partition coefficient (Wildman–Crippen LogP) is 7.53. The van der Waals surface area contributed by atoms with Crippen LogP contribution in [-0.4, -0.2) is 9.97 Å². The Morgan fingerprint density at radius 2 is 1.24 bits per heavy atom. The van der Waals surface area contributed by atoms with Gasteiger partial charge < -0.3 is 9.97 Å². The zero-order valence-corrected chi connectivity index (χ0v) is 23.9. The third-order valence-corrected chi connectivity index (χ3v) is 8.56. The average molecular weight is 533 g/mol. The zero-order valence-electron chi connectivity index (χ0n) is 22.9. The van der Waals surface area contributed by atoms with Crippen molar-refractivity contribution >= 4 is 44.4 Å². The van der Waals surface area contributed by atoms with Crippen molar-refractivity contribution in [2.24, 2.45) is 0 Å². The molecule has 1 aliphatic carbocycles. The maximum absolute atomic E-state index is 5.24. The maximum atomic E-state index is 5.24. The SMILES string of the molecule is CCC1=C(C)c2cc3[n-]c(cc4nc(c5c6[n-]c(cc1n2)c(C)c6CC5)C(CC)=C4C)c(C)c3CC.[Ni+2]. The summed E-state index contributed by atoms with van der Waals surface area (Å²) in [5.74, 6) is 0. The Morgan fingerprint density at radius 3 is 1.95 bits per heavy atom. The Bertz CT molecular complexity index is 1680. The summed E-state index contributed by atoms with van der Waals surface area (Å²) >= 11 is 0. The fraction of sp³-hybridized carbons (Fsp3) is 0.375. The topological polar surface area (TPSA) is 54.0 Å². The van der Waals surface area contributed by atoms with Crippen molar-refractivity contribution in [1.82, 2.24) is 19.9 Å². The van der Waals surface area contributed by atoms with Crippen LogP contribution in [0, 0.1) is 13.8 Å². The molecule has 0 fully saturated rings. The Hall–Kier alpha value is -2.91. The van der Waals surface area contributed by atoms with Crippen molar-refractivity contribution in [3.05, 3.63) is 68.8 Å². The van der Waals surface area contributed by atoms with Crippen LogP contribution < -0.4 is 9.97 Å². The van der Waals surface area contributed by atoms with Crippen LogP contribution in [0.4, 0.5) is 0 Å². The molecule has 5 heterocycles. The van der Waals surface area contributed by atoms with Gasteiger partial charge in [0, 0.05) is 0 Å². The molecule has 0 atom stereocenters. The number of fused-ring (bicyclic) bond motifs is 8. The van der Waals surface area contributed by atoms with Gasteiger partial charge in [-0.3, -0.25) is 0 Å². The summed E-state index contributed by atoms with van der Waals surface area (Å²) in [6.45, 7) is 15.5. The van der Waals surface area contributed by atoms with Crippen LogP contribution in [0.3, 0.4) is 0 Å². The second kappa shape index (κ2) is 9.44. The van der Waals surface area contributed by atoms with E-state index in [2.05, 4.69) is 66.7 Å². The average Bonchev–Trinajstić information content (AvgIpc) is 3.62. The van der Waals surface area contributed by atoms with E-state index in [4.69, 9.17) is 19.9 Å². The Kier molecular flexibility index (Phi) is 6.56. The fourth-order valence-corrected chi connectivity index (χ4v) is 6.38. The Labute approximate surface area is 229 Å². The summed E-state index contributed by atoms with van der Waals surface area (Å²) in [6, 6.07) is 6.59. The number of allylic oxidation sites excluding steroid dienone is 4. The number of hydrogen-bond acceptors (Lipinski definition) is 2. The molecule has 3 aromatic rings. The standard InChI is InChI=1S/C32H34N4.Ni/c1-8-20-16(4)25-13-27-18(6)22(10-3)31(35-27)24-12-11-23-19(7)28(36-32(23)24)15-30-21(9-2)17(5)26(34-30)14-29(20)33-25;/h13-15H,8-12H2,1-7H3;/q-2;+2. The van der Waals surface area contributed by atoms with Crippen LogP contribution in [-0.2, 0) is 35.8 Å². The van der Waals surface area contributed by atoms with E-state index < -0.39 is 0 Å². The van der Waals surface area contributed by atoms with Gasteiger partial charge in [0.2, 0.25) is 0 Å². The fourth-order valence-electron chi connectivity index (χ4n) is 6.38. The van der Waals surface area contributed by atoms with Gasteiger partial charge in [-0.25, -0.2) is 9.97 Å². The largest absolute Gasteiger partial charge is 2.00 e. The Balaban J connectivity index is 0.00000280. The molecule has 0 unspecified atom stereocenters. The molecule has 4 nitrogen and oxygen atoms in total. The summed E-state index contributed by atoms with van der Waals surface area (Å²) in [5, 5.41) is 0. The zero-order chi connectivity index (χ0) is 25.3. The molecule has 2 aliphatic heterocycles. The van der Waals surface area contributed by atoms with Gasteiger partial charge in [0.15, 0.2) is 0 Å². The minimum Gasteiger partial charge on any atom is -0.657 e. The quantitative estimate of drug-likeness (QED) is 0.327. The number of rotatable bonds is 3. The maximum Gasteiger partial charge on any atom is 2.00 e. The first kappa shape index (κ1) is 25.7. The molecule has 8 bridgehead atoms. The molecule has 0 N–H and O–H groups in total. The van der Waals surface area contributed by atoms with Crippen LogP contribution in [0.1, 0.15) is 98.1 Å². The summed E-state index contributed by atoms with van der Waals surface area (Å²) in [4.78, 5) is 20.7. The van der Waals surface area contributed by atoms with Crippen molar-refractivity contribution in [2.45, 2.75) is 80.6 Å². The van der Waals surface area contributed by atoms with E-state index in [0.717, 1.165) is 76.9 Å². The molecular formula is C32H34N4Ni. The van der Waals surface area contributed by atoms with Crippen molar-refractivity contribution in [3.8, 4) is 0 Å². The molecule has 0 saturated heterocycles. The first-order valence-electron chi connectivity index (χ1n) is 13.4. The molecule has 3 aromatic heterocycles. The van der Waals surface area contributed by atoms with Gasteiger partial charge in [0.25, 0.3) is 0 Å². The van der Waals surface area contributed by atoms with Gasteiger partial charge in [0.1, 0.15) is 0 Å². The van der Waals surface area contributed by atoms with Crippen molar-refractivity contribution in [1.29, 1.82) is 0 Å². The molecule has 0 aromatic carbocycles. The third-order valence-electron chi connectivity index (χ3n) is 8.56. The predicted molar refractivity (Wildman–Crippen MR) is 151 cm³/mol. The van der Waals surface area contributed by atoms with Gasteiger partial charge in [-0.2, -0.15) is 0 Å². The smallest absolute Gasteiger partial charge is 0.657 e. The van der Waals surface area contributed by atoms with E-state index in [-0.39, 0.29) is 16.5 Å². The number of aromatic nitrogens is 4. The van der Waals surface area contributed by atoms with Gasteiger partial charge >= 0.3 is 16.5 Å². The van der Waals surface area contributed by atoms with Crippen molar-refractivity contribution in [2.75, 3.05) is 0 Å². The second-order valence-electron chi connectivity index (χ2n) is 10.3. The van der Waals surface area contributed by atoms with Gasteiger partial charge in [-0.1, -0.05) is 61.2 Å². The monoisotopic (exact) mass is 532 g/mol. The van der Waals surface area contributed by atoms with Crippen LogP contribution in [0.2, 0.25) is 0 Å². The van der Waals surface area contributed by atoms with Gasteiger partial charge in [0.05, 0.1) is 22.8 Å². The molecule has 0 saturated carbocycles. The van der Waals surface area contributed by atoms with Gasteiger partial charge in [-0.15, -0.1) is 22.1 Å². The van der Waals surface area contributed by atoms with Gasteiger partial charge in [-0.05, 0) is 87.7 Å². The normalized spacial score (nSPS) is 14.6. The van der Waals surface area contributed by atoms with E-state index >= 15 is 0 Å². The number of aryl methyl sites for hydroxylation is 5. The van der Waals surface area contributed by atoms with Crippen molar-refractivity contribution < 1.29 is 16.5 Å². The molecule has 0 spiro atoms. The molecule has 6 rings (SSSR count). The molecule has 37 heavy (non-hydrogen) atoms. The summed E-state index contributed by atoms with van der Waals surface area (Å²) in [5.41, 5.74) is 20.2. The Morgan fingerprint density at radius 1 is 0.649 bits per heavy atom. The summed E-state index contributed by atoms with van der Waals surface area (Å²) < 4.78 is 0. The van der Waals surface area contributed by atoms with E-state index in [1.807, 2.05) is 0 Å². The third kappa shape index (κ3) is 3.77. The summed E-state index contributed by atoms with van der Waals surface area (Å²) in [7, 11) is 0. The summed E-state index contributed by atoms with van der Waals surface area (Å²) in [6.07, 6.45) is 4.89. The minimum absolute atomic E-state index is 0.